The molecule has 0 bridgehead atoms. The highest BCUT2D eigenvalue weighted by Crippen LogP contribution is 2.24. The monoisotopic (exact) mass is 630 g/mol. The van der Waals surface area contributed by atoms with Crippen LogP contribution in [0.3, 0.4) is 0 Å². The number of hydrogen-bond acceptors (Lipinski definition) is 3. The second-order valence-electron chi connectivity index (χ2n) is 6.82. The van der Waals surface area contributed by atoms with Crippen molar-refractivity contribution < 1.29 is 14.3 Å². The van der Waals surface area contributed by atoms with Crippen LogP contribution in [0.4, 0.5) is 0 Å². The molecule has 0 saturated carbocycles. The minimum absolute atomic E-state index is 0.0265. The van der Waals surface area contributed by atoms with E-state index in [1.54, 1.807) is 48.5 Å². The quantitative estimate of drug-likeness (QED) is 0.168. The lowest BCUT2D eigenvalue weighted by atomic mass is 10.0. The third-order valence-electron chi connectivity index (χ3n) is 4.68. The summed E-state index contributed by atoms with van der Waals surface area (Å²) in [5, 5.41) is 0. The normalized spacial score (nSPS) is 10.5. The van der Waals surface area contributed by atoms with Crippen molar-refractivity contribution in [2.75, 3.05) is 0 Å². The van der Waals surface area contributed by atoms with Crippen LogP contribution >= 0.6 is 45.2 Å². The molecule has 0 radical (unpaired) electrons. The summed E-state index contributed by atoms with van der Waals surface area (Å²) in [6.45, 7) is 0. The Kier molecular flexibility index (Phi) is 6.82. The van der Waals surface area contributed by atoms with Gasteiger partial charge in [-0.05, 0) is 142 Å². The fraction of sp³-hybridized carbons (Fsp3) is 0. The number of halogens is 2. The van der Waals surface area contributed by atoms with Gasteiger partial charge in [0.1, 0.15) is 11.5 Å². The molecule has 4 aromatic rings. The first-order valence-electron chi connectivity index (χ1n) is 9.48. The van der Waals surface area contributed by atoms with Crippen LogP contribution in [0.5, 0.6) is 11.5 Å². The first kappa shape index (κ1) is 21.7. The predicted octanol–water partition coefficient (Wildman–Crippen LogP) is 7.15. The van der Waals surface area contributed by atoms with Gasteiger partial charge in [0, 0.05) is 29.4 Å². The highest BCUT2D eigenvalue weighted by atomic mass is 127. The molecule has 0 unspecified atom stereocenters. The first-order chi connectivity index (χ1) is 15.0. The molecule has 0 spiro atoms. The molecule has 0 aliphatic heterocycles. The molecule has 5 heteroatoms. The Morgan fingerprint density at radius 2 is 0.710 bits per heavy atom. The average molecular weight is 630 g/mol. The summed E-state index contributed by atoms with van der Waals surface area (Å²) in [6.07, 6.45) is 0. The van der Waals surface area contributed by atoms with Crippen molar-refractivity contribution in [1.29, 1.82) is 0 Å². The van der Waals surface area contributed by atoms with Crippen LogP contribution in [0, 0.1) is 7.14 Å². The van der Waals surface area contributed by atoms with Gasteiger partial charge in [0.2, 0.25) is 0 Å². The Hall–Kier alpha value is -2.52. The van der Waals surface area contributed by atoms with Gasteiger partial charge >= 0.3 is 0 Å². The SMILES string of the molecule is O=C(c1ccc(I)cc1)c1ccc(Oc2ccc(C(=O)c3ccc(I)cc3)cc2)cc1. The van der Waals surface area contributed by atoms with E-state index in [0.29, 0.717) is 33.8 Å². The molecule has 3 nitrogen and oxygen atoms in total. The summed E-state index contributed by atoms with van der Waals surface area (Å²) < 4.78 is 8.04. The topological polar surface area (TPSA) is 43.4 Å². The van der Waals surface area contributed by atoms with Crippen molar-refractivity contribution in [1.82, 2.24) is 0 Å². The molecule has 0 atom stereocenters. The van der Waals surface area contributed by atoms with Gasteiger partial charge in [-0.1, -0.05) is 0 Å². The van der Waals surface area contributed by atoms with Gasteiger partial charge in [-0.25, -0.2) is 0 Å². The summed E-state index contributed by atoms with van der Waals surface area (Å²) in [6, 6.07) is 29.1. The van der Waals surface area contributed by atoms with Gasteiger partial charge < -0.3 is 4.74 Å². The molecule has 31 heavy (non-hydrogen) atoms. The largest absolute Gasteiger partial charge is 0.457 e. The van der Waals surface area contributed by atoms with Crippen molar-refractivity contribution in [3.8, 4) is 11.5 Å². The Morgan fingerprint density at radius 3 is 1.00 bits per heavy atom. The molecule has 4 rings (SSSR count). The standard InChI is InChI=1S/C26H16I2O3/c27-21-9-1-17(2-10-21)25(29)19-5-13-23(14-6-19)31-24-15-7-20(8-16-24)26(30)18-3-11-22(28)12-4-18/h1-16H. The average Bonchev–Trinajstić information content (AvgIpc) is 2.80. The van der Waals surface area contributed by atoms with Gasteiger partial charge in [-0.15, -0.1) is 0 Å². The molecule has 0 fully saturated rings. The minimum Gasteiger partial charge on any atom is -0.457 e. The summed E-state index contributed by atoms with van der Waals surface area (Å²) >= 11 is 4.42. The summed E-state index contributed by atoms with van der Waals surface area (Å²) in [5.74, 6) is 1.19. The van der Waals surface area contributed by atoms with E-state index < -0.39 is 0 Å². The number of ketones is 2. The van der Waals surface area contributed by atoms with E-state index in [9.17, 15) is 9.59 Å². The van der Waals surface area contributed by atoms with Crippen LogP contribution in [0.25, 0.3) is 0 Å². The van der Waals surface area contributed by atoms with Crippen LogP contribution in [0.2, 0.25) is 0 Å². The zero-order chi connectivity index (χ0) is 21.8. The molecule has 0 amide bonds. The number of ether oxygens (including phenoxy) is 1. The van der Waals surface area contributed by atoms with Crippen LogP contribution in [0.15, 0.2) is 97.1 Å². The van der Waals surface area contributed by atoms with Crippen LogP contribution < -0.4 is 4.74 Å². The van der Waals surface area contributed by atoms with Gasteiger partial charge in [0.05, 0.1) is 0 Å². The van der Waals surface area contributed by atoms with E-state index >= 15 is 0 Å². The zero-order valence-electron chi connectivity index (χ0n) is 16.2. The van der Waals surface area contributed by atoms with Crippen LogP contribution in [-0.4, -0.2) is 11.6 Å². The molecular formula is C26H16I2O3. The Balaban J connectivity index is 1.43. The maximum Gasteiger partial charge on any atom is 0.193 e. The smallest absolute Gasteiger partial charge is 0.193 e. The Bertz CT molecular complexity index is 1110. The second kappa shape index (κ2) is 9.74. The lowest BCUT2D eigenvalue weighted by molar-refractivity contribution is 0.103. The summed E-state index contributed by atoms with van der Waals surface area (Å²) in [7, 11) is 0. The van der Waals surface area contributed by atoms with E-state index in [4.69, 9.17) is 4.74 Å². The molecule has 0 aliphatic rings. The molecule has 4 aromatic carbocycles. The lowest BCUT2D eigenvalue weighted by Crippen LogP contribution is -2.01. The van der Waals surface area contributed by atoms with Crippen molar-refractivity contribution in [2.45, 2.75) is 0 Å². The number of rotatable bonds is 6. The number of benzene rings is 4. The maximum atomic E-state index is 12.6. The second-order valence-corrected chi connectivity index (χ2v) is 9.31. The molecule has 0 aliphatic carbocycles. The van der Waals surface area contributed by atoms with Crippen LogP contribution in [-0.2, 0) is 0 Å². The highest BCUT2D eigenvalue weighted by Gasteiger charge is 2.11. The van der Waals surface area contributed by atoms with Crippen molar-refractivity contribution in [3.05, 3.63) is 126 Å². The van der Waals surface area contributed by atoms with Gasteiger partial charge in [0.15, 0.2) is 11.6 Å². The van der Waals surface area contributed by atoms with E-state index in [2.05, 4.69) is 45.2 Å². The Morgan fingerprint density at radius 1 is 0.452 bits per heavy atom. The third-order valence-corrected chi connectivity index (χ3v) is 6.12. The van der Waals surface area contributed by atoms with Crippen molar-refractivity contribution in [3.63, 3.8) is 0 Å². The summed E-state index contributed by atoms with van der Waals surface area (Å²) in [4.78, 5) is 25.2. The number of hydrogen-bond donors (Lipinski definition) is 0. The summed E-state index contributed by atoms with van der Waals surface area (Å²) in [5.41, 5.74) is 2.52. The lowest BCUT2D eigenvalue weighted by Gasteiger charge is -2.08. The van der Waals surface area contributed by atoms with E-state index in [1.165, 1.54) is 0 Å². The van der Waals surface area contributed by atoms with Crippen LogP contribution in [0.1, 0.15) is 31.8 Å². The highest BCUT2D eigenvalue weighted by molar-refractivity contribution is 14.1. The zero-order valence-corrected chi connectivity index (χ0v) is 20.5. The molecular weight excluding hydrogens is 614 g/mol. The molecule has 0 aromatic heterocycles. The first-order valence-corrected chi connectivity index (χ1v) is 11.6. The Labute approximate surface area is 207 Å². The number of carbonyl (C=O) groups is 2. The fourth-order valence-electron chi connectivity index (χ4n) is 3.02. The van der Waals surface area contributed by atoms with Crippen molar-refractivity contribution in [2.24, 2.45) is 0 Å². The van der Waals surface area contributed by atoms with Gasteiger partial charge in [0.25, 0.3) is 0 Å². The predicted molar refractivity (Wildman–Crippen MR) is 138 cm³/mol. The number of carbonyl (C=O) groups excluding carboxylic acids is 2. The molecule has 0 N–H and O–H groups in total. The van der Waals surface area contributed by atoms with Gasteiger partial charge in [-0.2, -0.15) is 0 Å². The maximum absolute atomic E-state index is 12.6. The third kappa shape index (κ3) is 5.40. The van der Waals surface area contributed by atoms with Crippen molar-refractivity contribution >= 4 is 56.7 Å². The van der Waals surface area contributed by atoms with E-state index in [1.807, 2.05) is 48.5 Å². The minimum atomic E-state index is -0.0265. The molecule has 152 valence electrons. The van der Waals surface area contributed by atoms with E-state index in [0.717, 1.165) is 7.14 Å². The molecule has 0 heterocycles. The van der Waals surface area contributed by atoms with E-state index in [-0.39, 0.29) is 11.6 Å². The molecule has 0 saturated heterocycles. The van der Waals surface area contributed by atoms with Gasteiger partial charge in [-0.3, -0.25) is 9.59 Å². The fourth-order valence-corrected chi connectivity index (χ4v) is 3.74.